The molecule has 2 rings (SSSR count). The highest BCUT2D eigenvalue weighted by molar-refractivity contribution is 4.93. The van der Waals surface area contributed by atoms with Crippen LogP contribution in [0.2, 0.25) is 0 Å². The molecule has 0 amide bonds. The van der Waals surface area contributed by atoms with E-state index in [1.54, 1.807) is 0 Å². The maximum Gasteiger partial charge on any atom is 0.0249 e. The average Bonchev–Trinajstić information content (AvgIpc) is 2.43. The van der Waals surface area contributed by atoms with Crippen molar-refractivity contribution in [3.8, 4) is 0 Å². The molecule has 0 saturated carbocycles. The molecule has 2 heteroatoms. The van der Waals surface area contributed by atoms with Gasteiger partial charge in [0.15, 0.2) is 0 Å². The highest BCUT2D eigenvalue weighted by atomic mass is 15.3. The summed E-state index contributed by atoms with van der Waals surface area (Å²) in [6.07, 6.45) is 8.41. The molecule has 112 valence electrons. The summed E-state index contributed by atoms with van der Waals surface area (Å²) in [6, 6.07) is 2.41. The van der Waals surface area contributed by atoms with E-state index in [9.17, 15) is 0 Å². The van der Waals surface area contributed by atoms with Crippen LogP contribution < -0.4 is 0 Å². The lowest BCUT2D eigenvalue weighted by atomic mass is 9.90. The van der Waals surface area contributed by atoms with E-state index < -0.39 is 0 Å². The third kappa shape index (κ3) is 3.72. The second-order valence-corrected chi connectivity index (χ2v) is 7.14. The van der Waals surface area contributed by atoms with Crippen molar-refractivity contribution in [2.24, 2.45) is 5.92 Å². The zero-order chi connectivity index (χ0) is 13.8. The fourth-order valence-corrected chi connectivity index (χ4v) is 4.00. The van der Waals surface area contributed by atoms with Gasteiger partial charge < -0.3 is 0 Å². The minimum Gasteiger partial charge on any atom is -0.298 e. The lowest BCUT2D eigenvalue weighted by Crippen LogP contribution is -2.62. The van der Waals surface area contributed by atoms with Crippen molar-refractivity contribution in [2.75, 3.05) is 19.6 Å². The van der Waals surface area contributed by atoms with Crippen molar-refractivity contribution >= 4 is 0 Å². The van der Waals surface area contributed by atoms with Crippen molar-refractivity contribution in [3.63, 3.8) is 0 Å². The van der Waals surface area contributed by atoms with Crippen LogP contribution in [0.4, 0.5) is 0 Å². The Morgan fingerprint density at radius 1 is 1.11 bits per heavy atom. The van der Waals surface area contributed by atoms with E-state index in [4.69, 9.17) is 0 Å². The summed E-state index contributed by atoms with van der Waals surface area (Å²) < 4.78 is 0. The molecule has 0 spiro atoms. The Balaban J connectivity index is 2.01. The summed E-state index contributed by atoms with van der Waals surface area (Å²) >= 11 is 0. The van der Waals surface area contributed by atoms with Gasteiger partial charge in [-0.25, -0.2) is 0 Å². The Morgan fingerprint density at radius 3 is 2.58 bits per heavy atom. The Bertz CT molecular complexity index is 264. The third-order valence-electron chi connectivity index (χ3n) is 5.33. The van der Waals surface area contributed by atoms with Gasteiger partial charge in [-0.1, -0.05) is 40.0 Å². The van der Waals surface area contributed by atoms with Crippen LogP contribution in [-0.4, -0.2) is 47.6 Å². The molecule has 3 atom stereocenters. The smallest absolute Gasteiger partial charge is 0.0249 e. The van der Waals surface area contributed by atoms with Crippen molar-refractivity contribution < 1.29 is 0 Å². The van der Waals surface area contributed by atoms with Crippen molar-refractivity contribution in [1.82, 2.24) is 9.80 Å². The minimum absolute atomic E-state index is 0.774. The molecule has 0 aromatic rings. The van der Waals surface area contributed by atoms with Crippen LogP contribution in [0.1, 0.15) is 66.2 Å². The van der Waals surface area contributed by atoms with Gasteiger partial charge in [-0.2, -0.15) is 0 Å². The number of rotatable bonds is 5. The van der Waals surface area contributed by atoms with Crippen LogP contribution in [0, 0.1) is 5.92 Å². The van der Waals surface area contributed by atoms with Crippen LogP contribution in [0.25, 0.3) is 0 Å². The van der Waals surface area contributed by atoms with Gasteiger partial charge in [-0.3, -0.25) is 9.80 Å². The molecule has 2 heterocycles. The van der Waals surface area contributed by atoms with Gasteiger partial charge in [0.05, 0.1) is 0 Å². The monoisotopic (exact) mass is 266 g/mol. The summed E-state index contributed by atoms with van der Waals surface area (Å²) in [5, 5.41) is 0. The minimum atomic E-state index is 0.774. The van der Waals surface area contributed by atoms with Crippen molar-refractivity contribution in [2.45, 2.75) is 84.3 Å². The van der Waals surface area contributed by atoms with E-state index in [1.165, 1.54) is 58.2 Å². The van der Waals surface area contributed by atoms with E-state index in [0.717, 1.165) is 24.0 Å². The molecule has 0 bridgehead atoms. The normalized spacial score (nSPS) is 31.4. The summed E-state index contributed by atoms with van der Waals surface area (Å²) in [5.74, 6) is 0.784. The molecule has 0 aromatic carbocycles. The van der Waals surface area contributed by atoms with Crippen LogP contribution in [0.5, 0.6) is 0 Å². The molecule has 2 saturated heterocycles. The molecular formula is C17H34N2. The molecular weight excluding hydrogens is 232 g/mol. The van der Waals surface area contributed by atoms with Crippen LogP contribution in [-0.2, 0) is 0 Å². The van der Waals surface area contributed by atoms with Gasteiger partial charge in [0.2, 0.25) is 0 Å². The topological polar surface area (TPSA) is 6.48 Å². The second-order valence-electron chi connectivity index (χ2n) is 7.14. The van der Waals surface area contributed by atoms with Crippen LogP contribution >= 0.6 is 0 Å². The Kier molecular flexibility index (Phi) is 5.70. The van der Waals surface area contributed by atoms with E-state index in [0.29, 0.717) is 0 Å². The Labute approximate surface area is 120 Å². The molecule has 3 unspecified atom stereocenters. The highest BCUT2D eigenvalue weighted by Crippen LogP contribution is 2.29. The van der Waals surface area contributed by atoms with Gasteiger partial charge in [-0.05, 0) is 38.6 Å². The first-order chi connectivity index (χ1) is 9.13. The fraction of sp³-hybridized carbons (Fsp3) is 1.00. The third-order valence-corrected chi connectivity index (χ3v) is 5.33. The number of nitrogens with zero attached hydrogens (tertiary/aromatic N) is 2. The molecule has 2 aliphatic rings. The predicted octanol–water partition coefficient (Wildman–Crippen LogP) is 3.76. The number of unbranched alkanes of at least 4 members (excludes halogenated alkanes) is 1. The van der Waals surface area contributed by atoms with E-state index >= 15 is 0 Å². The quantitative estimate of drug-likeness (QED) is 0.747. The molecule has 2 aliphatic heterocycles. The van der Waals surface area contributed by atoms with Gasteiger partial charge >= 0.3 is 0 Å². The highest BCUT2D eigenvalue weighted by Gasteiger charge is 2.37. The SMILES string of the molecule is CCCCC(C)N1CC2CCCCN2CC1C(C)C. The maximum absolute atomic E-state index is 2.85. The summed E-state index contributed by atoms with van der Waals surface area (Å²) in [7, 11) is 0. The first-order valence-corrected chi connectivity index (χ1v) is 8.63. The fourth-order valence-electron chi connectivity index (χ4n) is 4.00. The number of hydrogen-bond acceptors (Lipinski definition) is 2. The zero-order valence-corrected chi connectivity index (χ0v) is 13.6. The number of piperazine rings is 1. The molecule has 2 fully saturated rings. The second kappa shape index (κ2) is 7.08. The summed E-state index contributed by atoms with van der Waals surface area (Å²) in [5.41, 5.74) is 0. The van der Waals surface area contributed by atoms with E-state index in [-0.39, 0.29) is 0 Å². The van der Waals surface area contributed by atoms with E-state index in [1.807, 2.05) is 0 Å². The largest absolute Gasteiger partial charge is 0.298 e. The van der Waals surface area contributed by atoms with Gasteiger partial charge in [-0.15, -0.1) is 0 Å². The van der Waals surface area contributed by atoms with E-state index in [2.05, 4.69) is 37.5 Å². The van der Waals surface area contributed by atoms with Crippen LogP contribution in [0.15, 0.2) is 0 Å². The molecule has 19 heavy (non-hydrogen) atoms. The lowest BCUT2D eigenvalue weighted by Gasteiger charge is -2.52. The molecule has 0 aromatic heterocycles. The molecule has 0 N–H and O–H groups in total. The first kappa shape index (κ1) is 15.3. The molecule has 0 radical (unpaired) electrons. The van der Waals surface area contributed by atoms with Crippen molar-refractivity contribution in [3.05, 3.63) is 0 Å². The van der Waals surface area contributed by atoms with Gasteiger partial charge in [0.1, 0.15) is 0 Å². The van der Waals surface area contributed by atoms with Crippen molar-refractivity contribution in [1.29, 1.82) is 0 Å². The summed E-state index contributed by atoms with van der Waals surface area (Å²) in [4.78, 5) is 5.64. The standard InChI is InChI=1S/C17H34N2/c1-5-6-9-15(4)19-12-16-10-7-8-11-18(16)13-17(19)14(2)3/h14-17H,5-13H2,1-4H3. The van der Waals surface area contributed by atoms with Gasteiger partial charge in [0, 0.05) is 31.2 Å². The zero-order valence-electron chi connectivity index (χ0n) is 13.6. The first-order valence-electron chi connectivity index (χ1n) is 8.63. The van der Waals surface area contributed by atoms with Crippen LogP contribution in [0.3, 0.4) is 0 Å². The molecule has 0 aliphatic carbocycles. The number of fused-ring (bicyclic) bond motifs is 1. The van der Waals surface area contributed by atoms with Gasteiger partial charge in [0.25, 0.3) is 0 Å². The Hall–Kier alpha value is -0.0800. The maximum atomic E-state index is 2.85. The Morgan fingerprint density at radius 2 is 1.89 bits per heavy atom. The predicted molar refractivity (Wildman–Crippen MR) is 83.5 cm³/mol. The number of hydrogen-bond donors (Lipinski definition) is 0. The molecule has 2 nitrogen and oxygen atoms in total. The lowest BCUT2D eigenvalue weighted by molar-refractivity contribution is -0.0283. The average molecular weight is 266 g/mol. The summed E-state index contributed by atoms with van der Waals surface area (Å²) in [6.45, 7) is 13.6. The number of piperidine rings is 1.